The number of hydrogen-bond donors (Lipinski definition) is 1. The average Bonchev–Trinajstić information content (AvgIpc) is 2.74. The second-order valence-electron chi connectivity index (χ2n) is 8.77. The Balaban J connectivity index is 1.46. The molecular weight excluding hydrogens is 432 g/mol. The summed E-state index contributed by atoms with van der Waals surface area (Å²) in [6.45, 7) is 8.41. The largest absolute Gasteiger partial charge is 0.493 e. The third-order valence-electron chi connectivity index (χ3n) is 5.61. The number of ether oxygens (including phenoxy) is 4. The second kappa shape index (κ2) is 9.90. The number of hydrogen-bond acceptors (Lipinski definition) is 5. The average molecular weight is 463 g/mol. The van der Waals surface area contributed by atoms with E-state index in [-0.39, 0.29) is 5.60 Å². The Hall–Kier alpha value is -2.60. The van der Waals surface area contributed by atoms with E-state index >= 15 is 0 Å². The number of aryl methyl sites for hydroxylation is 1. The van der Waals surface area contributed by atoms with Crippen LogP contribution in [0.25, 0.3) is 0 Å². The van der Waals surface area contributed by atoms with Crippen LogP contribution in [-0.2, 0) is 11.2 Å². The Morgan fingerprint density at radius 2 is 1.81 bits per heavy atom. The molecule has 0 spiro atoms. The van der Waals surface area contributed by atoms with Gasteiger partial charge in [0.2, 0.25) is 5.60 Å². The van der Waals surface area contributed by atoms with Crippen LogP contribution in [0.2, 0.25) is 5.02 Å². The summed E-state index contributed by atoms with van der Waals surface area (Å²) in [6.07, 6.45) is 2.93. The Kier molecular flexibility index (Phi) is 7.44. The van der Waals surface area contributed by atoms with E-state index in [1.54, 1.807) is 38.1 Å². The molecule has 32 heavy (non-hydrogen) atoms. The van der Waals surface area contributed by atoms with Crippen LogP contribution in [0.3, 0.4) is 0 Å². The number of aliphatic carboxylic acids is 1. The SMILES string of the molecule is CC[C@@](C)(Oc1ccc(OCCCOc2cc3c(cc2Cl)CCC(C)(C)O3)cc1)C(=O)O. The van der Waals surface area contributed by atoms with Crippen molar-refractivity contribution in [3.63, 3.8) is 0 Å². The molecular formula is C25H31ClO6. The van der Waals surface area contributed by atoms with E-state index in [2.05, 4.69) is 13.8 Å². The first-order valence-electron chi connectivity index (χ1n) is 10.9. The van der Waals surface area contributed by atoms with Crippen LogP contribution in [-0.4, -0.2) is 35.5 Å². The van der Waals surface area contributed by atoms with Crippen LogP contribution < -0.4 is 18.9 Å². The summed E-state index contributed by atoms with van der Waals surface area (Å²) >= 11 is 6.37. The van der Waals surface area contributed by atoms with E-state index in [0.29, 0.717) is 48.3 Å². The van der Waals surface area contributed by atoms with Gasteiger partial charge in [0.05, 0.1) is 18.2 Å². The zero-order chi connectivity index (χ0) is 23.4. The molecule has 1 N–H and O–H groups in total. The maximum Gasteiger partial charge on any atom is 0.347 e. The molecule has 0 saturated carbocycles. The lowest BCUT2D eigenvalue weighted by atomic mass is 9.94. The number of rotatable bonds is 10. The molecule has 1 aliphatic heterocycles. The predicted molar refractivity (Wildman–Crippen MR) is 123 cm³/mol. The maximum absolute atomic E-state index is 11.4. The van der Waals surface area contributed by atoms with Crippen molar-refractivity contribution in [3.05, 3.63) is 47.0 Å². The Morgan fingerprint density at radius 3 is 2.47 bits per heavy atom. The van der Waals surface area contributed by atoms with Gasteiger partial charge in [0.25, 0.3) is 0 Å². The fraction of sp³-hybridized carbons (Fsp3) is 0.480. The van der Waals surface area contributed by atoms with Crippen LogP contribution in [0.4, 0.5) is 0 Å². The smallest absolute Gasteiger partial charge is 0.347 e. The molecule has 1 heterocycles. The summed E-state index contributed by atoms with van der Waals surface area (Å²) in [5.74, 6) is 1.62. The van der Waals surface area contributed by atoms with Crippen molar-refractivity contribution < 1.29 is 28.8 Å². The summed E-state index contributed by atoms with van der Waals surface area (Å²) in [6, 6.07) is 10.7. The number of fused-ring (bicyclic) bond motifs is 1. The first-order valence-corrected chi connectivity index (χ1v) is 11.3. The van der Waals surface area contributed by atoms with Gasteiger partial charge in [-0.3, -0.25) is 0 Å². The number of benzene rings is 2. The van der Waals surface area contributed by atoms with E-state index in [1.807, 2.05) is 12.1 Å². The normalized spacial score (nSPS) is 16.3. The quantitative estimate of drug-likeness (QED) is 0.441. The minimum atomic E-state index is -1.25. The van der Waals surface area contributed by atoms with Gasteiger partial charge in [0.1, 0.15) is 28.6 Å². The summed E-state index contributed by atoms with van der Waals surface area (Å²) < 4.78 is 23.3. The molecule has 0 amide bonds. The van der Waals surface area contributed by atoms with Crippen molar-refractivity contribution in [1.29, 1.82) is 0 Å². The minimum Gasteiger partial charge on any atom is -0.493 e. The molecule has 0 radical (unpaired) electrons. The Morgan fingerprint density at radius 1 is 1.16 bits per heavy atom. The Labute approximate surface area is 194 Å². The van der Waals surface area contributed by atoms with Crippen molar-refractivity contribution in [2.75, 3.05) is 13.2 Å². The second-order valence-corrected chi connectivity index (χ2v) is 9.17. The molecule has 6 nitrogen and oxygen atoms in total. The van der Waals surface area contributed by atoms with Gasteiger partial charge >= 0.3 is 5.97 Å². The lowest BCUT2D eigenvalue weighted by Crippen LogP contribution is -2.40. The standard InChI is InChI=1S/C25H31ClO6/c1-5-25(4,23(27)28)31-19-9-7-18(8-10-19)29-13-6-14-30-22-16-21-17(15-20(22)26)11-12-24(2,3)32-21/h7-10,15-16H,5-6,11-14H2,1-4H3,(H,27,28)/t25-/m1/s1. The van der Waals surface area contributed by atoms with Crippen LogP contribution in [0.15, 0.2) is 36.4 Å². The van der Waals surface area contributed by atoms with E-state index in [9.17, 15) is 9.90 Å². The molecule has 0 aromatic heterocycles. The highest BCUT2D eigenvalue weighted by Crippen LogP contribution is 2.39. The third-order valence-corrected chi connectivity index (χ3v) is 5.90. The highest BCUT2D eigenvalue weighted by atomic mass is 35.5. The van der Waals surface area contributed by atoms with Crippen LogP contribution in [0, 0.1) is 0 Å². The third kappa shape index (κ3) is 6.00. The lowest BCUT2D eigenvalue weighted by molar-refractivity contribution is -0.154. The van der Waals surface area contributed by atoms with Crippen LogP contribution in [0.1, 0.15) is 52.5 Å². The fourth-order valence-corrected chi connectivity index (χ4v) is 3.56. The summed E-state index contributed by atoms with van der Waals surface area (Å²) in [4.78, 5) is 11.4. The molecule has 1 atom stereocenters. The van der Waals surface area contributed by atoms with Crippen molar-refractivity contribution in [2.24, 2.45) is 0 Å². The molecule has 0 bridgehead atoms. The molecule has 0 fully saturated rings. The predicted octanol–water partition coefficient (Wildman–Crippen LogP) is 5.92. The molecule has 2 aromatic rings. The number of halogens is 1. The van der Waals surface area contributed by atoms with Crippen LogP contribution >= 0.6 is 11.6 Å². The van der Waals surface area contributed by atoms with Gasteiger partial charge in [-0.15, -0.1) is 0 Å². The van der Waals surface area contributed by atoms with Gasteiger partial charge in [0, 0.05) is 12.5 Å². The lowest BCUT2D eigenvalue weighted by Gasteiger charge is -2.33. The van der Waals surface area contributed by atoms with Gasteiger partial charge in [-0.05, 0) is 75.9 Å². The van der Waals surface area contributed by atoms with E-state index in [1.165, 1.54) is 0 Å². The molecule has 7 heteroatoms. The van der Waals surface area contributed by atoms with Crippen molar-refractivity contribution in [3.8, 4) is 23.0 Å². The van der Waals surface area contributed by atoms with Gasteiger partial charge < -0.3 is 24.1 Å². The number of carboxylic acids is 1. The number of carboxylic acid groups (broad SMARTS) is 1. The molecule has 1 aliphatic rings. The molecule has 0 saturated heterocycles. The summed E-state index contributed by atoms with van der Waals surface area (Å²) in [5.41, 5.74) is -0.326. The summed E-state index contributed by atoms with van der Waals surface area (Å²) in [7, 11) is 0. The molecule has 0 aliphatic carbocycles. The maximum atomic E-state index is 11.4. The zero-order valence-electron chi connectivity index (χ0n) is 19.1. The molecule has 3 rings (SSSR count). The van der Waals surface area contributed by atoms with Gasteiger partial charge in [0.15, 0.2) is 0 Å². The Bertz CT molecular complexity index is 940. The first-order chi connectivity index (χ1) is 15.1. The monoisotopic (exact) mass is 462 g/mol. The van der Waals surface area contributed by atoms with Gasteiger partial charge in [-0.1, -0.05) is 18.5 Å². The van der Waals surface area contributed by atoms with Crippen molar-refractivity contribution in [2.45, 2.75) is 64.6 Å². The van der Waals surface area contributed by atoms with Gasteiger partial charge in [-0.2, -0.15) is 0 Å². The fourth-order valence-electron chi connectivity index (χ4n) is 3.32. The van der Waals surface area contributed by atoms with E-state index in [0.717, 1.165) is 24.2 Å². The highest BCUT2D eigenvalue weighted by Gasteiger charge is 2.33. The van der Waals surface area contributed by atoms with E-state index < -0.39 is 11.6 Å². The summed E-state index contributed by atoms with van der Waals surface area (Å²) in [5, 5.41) is 9.91. The zero-order valence-corrected chi connectivity index (χ0v) is 19.8. The highest BCUT2D eigenvalue weighted by molar-refractivity contribution is 6.32. The first kappa shape index (κ1) is 24.1. The van der Waals surface area contributed by atoms with E-state index in [4.69, 9.17) is 30.5 Å². The topological polar surface area (TPSA) is 74.2 Å². The van der Waals surface area contributed by atoms with Crippen molar-refractivity contribution in [1.82, 2.24) is 0 Å². The number of carbonyl (C=O) groups is 1. The van der Waals surface area contributed by atoms with Gasteiger partial charge in [-0.25, -0.2) is 4.79 Å². The minimum absolute atomic E-state index is 0.185. The molecule has 0 unspecified atom stereocenters. The van der Waals surface area contributed by atoms with Crippen LogP contribution in [0.5, 0.6) is 23.0 Å². The van der Waals surface area contributed by atoms with Crippen molar-refractivity contribution >= 4 is 17.6 Å². The molecule has 174 valence electrons. The molecule has 2 aromatic carbocycles.